The molecule has 148 valence electrons. The van der Waals surface area contributed by atoms with Crippen LogP contribution < -0.4 is 4.90 Å². The molecule has 0 spiro atoms. The molecular formula is C23H22BrN3O2. The van der Waals surface area contributed by atoms with Crippen LogP contribution in [0.1, 0.15) is 55.1 Å². The summed E-state index contributed by atoms with van der Waals surface area (Å²) >= 11 is 3.37. The first-order valence-electron chi connectivity index (χ1n) is 9.81. The summed E-state index contributed by atoms with van der Waals surface area (Å²) in [5, 5.41) is 0.894. The molecule has 1 aliphatic rings. The first-order valence-corrected chi connectivity index (χ1v) is 10.6. The van der Waals surface area contributed by atoms with Crippen molar-refractivity contribution in [3.8, 4) is 0 Å². The van der Waals surface area contributed by atoms with Crippen LogP contribution in [0.15, 0.2) is 53.1 Å². The molecule has 1 unspecified atom stereocenters. The first-order chi connectivity index (χ1) is 13.9. The standard InChI is InChI=1S/C23H22BrN3O2/c1-14(2)7-10-16(28)13-19-17-5-3-4-6-18(17)23(29)27(19)21-12-9-15-8-11-20(24)25-22(15)26-21/h3-6,8-9,11-12,14,19H,7,10,13H2,1-2H3. The quantitative estimate of drug-likeness (QED) is 0.464. The van der Waals surface area contributed by atoms with Gasteiger partial charge >= 0.3 is 0 Å². The smallest absolute Gasteiger partial charge is 0.260 e. The van der Waals surface area contributed by atoms with Crippen LogP contribution in [0.3, 0.4) is 0 Å². The highest BCUT2D eigenvalue weighted by Crippen LogP contribution is 2.39. The molecule has 0 radical (unpaired) electrons. The molecule has 0 saturated carbocycles. The number of benzene rings is 1. The molecule has 2 aromatic heterocycles. The second-order valence-corrected chi connectivity index (χ2v) is 8.62. The van der Waals surface area contributed by atoms with Gasteiger partial charge < -0.3 is 0 Å². The van der Waals surface area contributed by atoms with Gasteiger partial charge in [-0.15, -0.1) is 0 Å². The highest BCUT2D eigenvalue weighted by atomic mass is 79.9. The van der Waals surface area contributed by atoms with Crippen LogP contribution in [0, 0.1) is 5.92 Å². The molecule has 1 aromatic carbocycles. The Morgan fingerprint density at radius 2 is 1.86 bits per heavy atom. The van der Waals surface area contributed by atoms with Crippen LogP contribution in [0.2, 0.25) is 0 Å². The second-order valence-electron chi connectivity index (χ2n) is 7.80. The third-order valence-electron chi connectivity index (χ3n) is 5.25. The maximum absolute atomic E-state index is 13.2. The monoisotopic (exact) mass is 451 g/mol. The highest BCUT2D eigenvalue weighted by molar-refractivity contribution is 9.10. The van der Waals surface area contributed by atoms with Crippen molar-refractivity contribution in [3.63, 3.8) is 0 Å². The summed E-state index contributed by atoms with van der Waals surface area (Å²) in [6.45, 7) is 4.22. The number of amides is 1. The maximum atomic E-state index is 13.2. The van der Waals surface area contributed by atoms with E-state index < -0.39 is 0 Å². The Kier molecular flexibility index (Phi) is 5.46. The summed E-state index contributed by atoms with van der Waals surface area (Å²) in [5.41, 5.74) is 2.09. The van der Waals surface area contributed by atoms with Crippen molar-refractivity contribution in [2.75, 3.05) is 4.90 Å². The predicted octanol–water partition coefficient (Wildman–Crippen LogP) is 5.49. The van der Waals surface area contributed by atoms with Gasteiger partial charge in [0.25, 0.3) is 5.91 Å². The minimum Gasteiger partial charge on any atom is -0.300 e. The lowest BCUT2D eigenvalue weighted by Gasteiger charge is -2.24. The summed E-state index contributed by atoms with van der Waals surface area (Å²) in [5.74, 6) is 1.04. The molecule has 1 aliphatic heterocycles. The Hall–Kier alpha value is -2.60. The van der Waals surface area contributed by atoms with Crippen LogP contribution in [0.25, 0.3) is 11.0 Å². The van der Waals surface area contributed by atoms with Crippen molar-refractivity contribution < 1.29 is 9.59 Å². The van der Waals surface area contributed by atoms with E-state index in [4.69, 9.17) is 0 Å². The molecule has 1 amide bonds. The topological polar surface area (TPSA) is 63.2 Å². The van der Waals surface area contributed by atoms with E-state index in [9.17, 15) is 9.59 Å². The van der Waals surface area contributed by atoms with Crippen LogP contribution in [-0.4, -0.2) is 21.7 Å². The third-order valence-corrected chi connectivity index (χ3v) is 5.69. The molecule has 0 bridgehead atoms. The van der Waals surface area contributed by atoms with E-state index in [0.717, 1.165) is 17.4 Å². The fourth-order valence-electron chi connectivity index (χ4n) is 3.73. The van der Waals surface area contributed by atoms with Gasteiger partial charge in [-0.25, -0.2) is 9.97 Å². The third kappa shape index (κ3) is 3.94. The lowest BCUT2D eigenvalue weighted by Crippen LogP contribution is -2.30. The molecule has 4 rings (SSSR count). The summed E-state index contributed by atoms with van der Waals surface area (Å²) in [6.07, 6.45) is 1.67. The van der Waals surface area contributed by atoms with Gasteiger partial charge in [-0.05, 0) is 64.2 Å². The average Bonchev–Trinajstić information content (AvgIpc) is 2.98. The van der Waals surface area contributed by atoms with Crippen LogP contribution in [0.4, 0.5) is 5.82 Å². The van der Waals surface area contributed by atoms with Crippen molar-refractivity contribution in [2.24, 2.45) is 5.92 Å². The van der Waals surface area contributed by atoms with E-state index in [2.05, 4.69) is 39.7 Å². The zero-order valence-corrected chi connectivity index (χ0v) is 18.0. The molecule has 3 aromatic rings. The van der Waals surface area contributed by atoms with Crippen molar-refractivity contribution in [1.82, 2.24) is 9.97 Å². The number of nitrogens with zero attached hydrogens (tertiary/aromatic N) is 3. The average molecular weight is 452 g/mol. The fraction of sp³-hybridized carbons (Fsp3) is 0.304. The molecule has 3 heterocycles. The summed E-state index contributed by atoms with van der Waals surface area (Å²) < 4.78 is 0.686. The van der Waals surface area contributed by atoms with Gasteiger partial charge in [-0.3, -0.25) is 14.5 Å². The number of carbonyl (C=O) groups excluding carboxylic acids is 2. The van der Waals surface area contributed by atoms with E-state index in [1.165, 1.54) is 0 Å². The minimum atomic E-state index is -0.338. The number of fused-ring (bicyclic) bond motifs is 2. The first kappa shape index (κ1) is 19.7. The normalized spacial score (nSPS) is 15.9. The van der Waals surface area contributed by atoms with Gasteiger partial charge in [0, 0.05) is 23.8 Å². The van der Waals surface area contributed by atoms with Gasteiger partial charge in [0.2, 0.25) is 0 Å². The Bertz CT molecular complexity index is 1100. The Morgan fingerprint density at radius 3 is 2.66 bits per heavy atom. The van der Waals surface area contributed by atoms with E-state index in [1.54, 1.807) is 4.90 Å². The van der Waals surface area contributed by atoms with Crippen molar-refractivity contribution in [3.05, 3.63) is 64.3 Å². The largest absolute Gasteiger partial charge is 0.300 e. The molecule has 29 heavy (non-hydrogen) atoms. The molecule has 0 N–H and O–H groups in total. The second kappa shape index (κ2) is 8.03. The SMILES string of the molecule is CC(C)CCC(=O)CC1c2ccccc2C(=O)N1c1ccc2ccc(Br)nc2n1. The number of hydrogen-bond acceptors (Lipinski definition) is 4. The molecule has 5 nitrogen and oxygen atoms in total. The fourth-order valence-corrected chi connectivity index (χ4v) is 4.03. The van der Waals surface area contributed by atoms with Gasteiger partial charge in [0.15, 0.2) is 5.65 Å². The Labute approximate surface area is 178 Å². The van der Waals surface area contributed by atoms with Crippen molar-refractivity contribution >= 4 is 44.5 Å². The molecular weight excluding hydrogens is 430 g/mol. The minimum absolute atomic E-state index is 0.121. The van der Waals surface area contributed by atoms with Crippen LogP contribution >= 0.6 is 15.9 Å². The number of hydrogen-bond donors (Lipinski definition) is 0. The molecule has 6 heteroatoms. The Balaban J connectivity index is 1.72. The zero-order valence-electron chi connectivity index (χ0n) is 16.4. The van der Waals surface area contributed by atoms with Crippen LogP contribution in [-0.2, 0) is 4.79 Å². The molecule has 0 fully saturated rings. The van der Waals surface area contributed by atoms with E-state index >= 15 is 0 Å². The number of ketones is 1. The lowest BCUT2D eigenvalue weighted by atomic mass is 9.97. The molecule has 1 atom stereocenters. The number of carbonyl (C=O) groups is 2. The van der Waals surface area contributed by atoms with E-state index in [0.29, 0.717) is 40.4 Å². The number of aromatic nitrogens is 2. The number of rotatable bonds is 6. The van der Waals surface area contributed by atoms with Gasteiger partial charge in [-0.2, -0.15) is 0 Å². The molecule has 0 saturated heterocycles. The highest BCUT2D eigenvalue weighted by Gasteiger charge is 2.39. The van der Waals surface area contributed by atoms with Crippen molar-refractivity contribution in [2.45, 2.75) is 39.2 Å². The van der Waals surface area contributed by atoms with E-state index in [-0.39, 0.29) is 17.7 Å². The molecule has 0 aliphatic carbocycles. The van der Waals surface area contributed by atoms with Gasteiger partial charge in [0.1, 0.15) is 16.2 Å². The van der Waals surface area contributed by atoms with Gasteiger partial charge in [0.05, 0.1) is 6.04 Å². The number of halogens is 1. The zero-order chi connectivity index (χ0) is 20.5. The maximum Gasteiger partial charge on any atom is 0.260 e. The number of Topliss-reactive ketones (excluding diaryl/α,β-unsaturated/α-hetero) is 1. The Morgan fingerprint density at radius 1 is 1.10 bits per heavy atom. The van der Waals surface area contributed by atoms with Crippen LogP contribution in [0.5, 0.6) is 0 Å². The summed E-state index contributed by atoms with van der Waals surface area (Å²) in [7, 11) is 0. The lowest BCUT2D eigenvalue weighted by molar-refractivity contribution is -0.119. The number of anilines is 1. The van der Waals surface area contributed by atoms with E-state index in [1.807, 2.05) is 48.5 Å². The summed E-state index contributed by atoms with van der Waals surface area (Å²) in [4.78, 5) is 36.6. The predicted molar refractivity (Wildman–Crippen MR) is 117 cm³/mol. The number of pyridine rings is 2. The van der Waals surface area contributed by atoms with Gasteiger partial charge in [-0.1, -0.05) is 32.0 Å². The van der Waals surface area contributed by atoms with Crippen molar-refractivity contribution in [1.29, 1.82) is 0 Å². The summed E-state index contributed by atoms with van der Waals surface area (Å²) in [6, 6.07) is 14.7.